The molecule has 2 rings (SSSR count). The molecule has 0 amide bonds. The van der Waals surface area contributed by atoms with Gasteiger partial charge in [-0.1, -0.05) is 19.1 Å². The van der Waals surface area contributed by atoms with Gasteiger partial charge in [-0.05, 0) is 49.4 Å². The normalized spacial score (nSPS) is 17.7. The van der Waals surface area contributed by atoms with E-state index in [0.29, 0.717) is 30.4 Å². The van der Waals surface area contributed by atoms with E-state index >= 15 is 0 Å². The molecular weight excluding hydrogens is 296 g/mol. The predicted octanol–water partition coefficient (Wildman–Crippen LogP) is 2.03. The van der Waals surface area contributed by atoms with Gasteiger partial charge in [0, 0.05) is 13.1 Å². The van der Waals surface area contributed by atoms with Crippen LogP contribution in [0, 0.1) is 5.92 Å². The van der Waals surface area contributed by atoms with Crippen LogP contribution >= 0.6 is 12.4 Å². The molecule has 6 heteroatoms. The molecule has 1 aromatic carbocycles. The molecule has 1 aromatic rings. The Morgan fingerprint density at radius 3 is 2.20 bits per heavy atom. The molecule has 114 valence electrons. The zero-order chi connectivity index (χ0) is 13.9. The first-order valence-electron chi connectivity index (χ1n) is 6.87. The molecule has 0 spiro atoms. The number of rotatable bonds is 4. The van der Waals surface area contributed by atoms with Crippen LogP contribution in [0.3, 0.4) is 0 Å². The average Bonchev–Trinajstić information content (AvgIpc) is 2.47. The van der Waals surface area contributed by atoms with Gasteiger partial charge in [-0.3, -0.25) is 0 Å². The molecule has 0 radical (unpaired) electrons. The van der Waals surface area contributed by atoms with E-state index in [-0.39, 0.29) is 12.4 Å². The number of piperidine rings is 1. The zero-order valence-corrected chi connectivity index (χ0v) is 13.4. The molecule has 1 saturated heterocycles. The minimum atomic E-state index is -3.33. The third-order valence-corrected chi connectivity index (χ3v) is 5.79. The first-order valence-corrected chi connectivity index (χ1v) is 8.31. The third-order valence-electron chi connectivity index (χ3n) is 3.88. The molecule has 4 nitrogen and oxygen atoms in total. The number of benzene rings is 1. The van der Waals surface area contributed by atoms with E-state index in [1.165, 1.54) is 0 Å². The summed E-state index contributed by atoms with van der Waals surface area (Å²) >= 11 is 0. The number of sulfonamides is 1. The lowest BCUT2D eigenvalue weighted by molar-refractivity contribution is 0.278. The van der Waals surface area contributed by atoms with Crippen molar-refractivity contribution >= 4 is 22.4 Å². The first-order chi connectivity index (χ1) is 9.07. The van der Waals surface area contributed by atoms with Crippen LogP contribution < -0.4 is 5.73 Å². The fourth-order valence-electron chi connectivity index (χ4n) is 2.43. The Morgan fingerprint density at radius 1 is 1.20 bits per heavy atom. The van der Waals surface area contributed by atoms with Gasteiger partial charge in [0.25, 0.3) is 0 Å². The van der Waals surface area contributed by atoms with Crippen LogP contribution in [0.5, 0.6) is 0 Å². The van der Waals surface area contributed by atoms with Gasteiger partial charge in [-0.2, -0.15) is 4.31 Å². The molecular formula is C14H23ClN2O2S. The highest BCUT2D eigenvalue weighted by atomic mass is 35.5. The second-order valence-electron chi connectivity index (χ2n) is 5.08. The maximum Gasteiger partial charge on any atom is 0.243 e. The molecule has 0 atom stereocenters. The van der Waals surface area contributed by atoms with Gasteiger partial charge in [0.05, 0.1) is 4.90 Å². The molecule has 1 fully saturated rings. The van der Waals surface area contributed by atoms with Gasteiger partial charge in [-0.15, -0.1) is 12.4 Å². The van der Waals surface area contributed by atoms with E-state index in [4.69, 9.17) is 5.73 Å². The summed E-state index contributed by atoms with van der Waals surface area (Å²) in [6.45, 7) is 3.87. The Kier molecular flexibility index (Phi) is 6.45. The van der Waals surface area contributed by atoms with Crippen molar-refractivity contribution in [3.63, 3.8) is 0 Å². The highest BCUT2D eigenvalue weighted by Crippen LogP contribution is 2.23. The number of hydrogen-bond donors (Lipinski definition) is 1. The fourth-order valence-corrected chi connectivity index (χ4v) is 3.90. The highest BCUT2D eigenvalue weighted by Gasteiger charge is 2.28. The molecule has 0 bridgehead atoms. The van der Waals surface area contributed by atoms with E-state index in [1.54, 1.807) is 16.4 Å². The summed E-state index contributed by atoms with van der Waals surface area (Å²) in [5.41, 5.74) is 6.79. The smallest absolute Gasteiger partial charge is 0.243 e. The molecule has 1 heterocycles. The summed E-state index contributed by atoms with van der Waals surface area (Å²) in [6, 6.07) is 7.20. The SMILES string of the molecule is CCc1ccc(S(=O)(=O)N2CCC(CN)CC2)cc1.Cl. The molecule has 1 aliphatic heterocycles. The molecule has 0 aliphatic carbocycles. The third kappa shape index (κ3) is 3.73. The van der Waals surface area contributed by atoms with Crippen LogP contribution in [0.15, 0.2) is 29.2 Å². The minimum Gasteiger partial charge on any atom is -0.330 e. The summed E-state index contributed by atoms with van der Waals surface area (Å²) in [6.07, 6.45) is 2.65. The van der Waals surface area contributed by atoms with E-state index in [9.17, 15) is 8.42 Å². The average molecular weight is 319 g/mol. The molecule has 1 aliphatic rings. The summed E-state index contributed by atoms with van der Waals surface area (Å²) in [7, 11) is -3.33. The van der Waals surface area contributed by atoms with Crippen LogP contribution in [0.4, 0.5) is 0 Å². The Bertz CT molecular complexity index is 508. The maximum absolute atomic E-state index is 12.5. The second kappa shape index (κ2) is 7.41. The highest BCUT2D eigenvalue weighted by molar-refractivity contribution is 7.89. The van der Waals surface area contributed by atoms with Crippen LogP contribution in [0.2, 0.25) is 0 Å². The fraction of sp³-hybridized carbons (Fsp3) is 0.571. The number of nitrogens with two attached hydrogens (primary N) is 1. The van der Waals surface area contributed by atoms with Crippen molar-refractivity contribution in [3.8, 4) is 0 Å². The second-order valence-corrected chi connectivity index (χ2v) is 7.02. The Hall–Kier alpha value is -0.620. The Morgan fingerprint density at radius 2 is 1.75 bits per heavy atom. The van der Waals surface area contributed by atoms with Crippen LogP contribution in [0.25, 0.3) is 0 Å². The molecule has 2 N–H and O–H groups in total. The van der Waals surface area contributed by atoms with Gasteiger partial charge in [0.1, 0.15) is 0 Å². The van der Waals surface area contributed by atoms with Crippen LogP contribution in [-0.4, -0.2) is 32.4 Å². The van der Waals surface area contributed by atoms with E-state index in [0.717, 1.165) is 24.8 Å². The molecule has 0 saturated carbocycles. The van der Waals surface area contributed by atoms with Gasteiger partial charge in [0.2, 0.25) is 10.0 Å². The van der Waals surface area contributed by atoms with Crippen molar-refractivity contribution in [2.75, 3.05) is 19.6 Å². The maximum atomic E-state index is 12.5. The monoisotopic (exact) mass is 318 g/mol. The summed E-state index contributed by atoms with van der Waals surface area (Å²) in [5.74, 6) is 0.467. The summed E-state index contributed by atoms with van der Waals surface area (Å²) in [4.78, 5) is 0.399. The van der Waals surface area contributed by atoms with Crippen LogP contribution in [0.1, 0.15) is 25.3 Å². The van der Waals surface area contributed by atoms with Crippen molar-refractivity contribution in [3.05, 3.63) is 29.8 Å². The van der Waals surface area contributed by atoms with Gasteiger partial charge in [-0.25, -0.2) is 8.42 Å². The van der Waals surface area contributed by atoms with Gasteiger partial charge in [0.15, 0.2) is 0 Å². The Labute approximate surface area is 127 Å². The largest absolute Gasteiger partial charge is 0.330 e. The molecule has 0 unspecified atom stereocenters. The standard InChI is InChI=1S/C14H22N2O2S.ClH/c1-2-12-3-5-14(6-4-12)19(17,18)16-9-7-13(11-15)8-10-16;/h3-6,13H,2,7-11,15H2,1H3;1H. The van der Waals surface area contributed by atoms with Crippen molar-refractivity contribution < 1.29 is 8.42 Å². The van der Waals surface area contributed by atoms with Crippen molar-refractivity contribution in [1.29, 1.82) is 0 Å². The lowest BCUT2D eigenvalue weighted by Crippen LogP contribution is -2.39. The number of halogens is 1. The molecule has 0 aromatic heterocycles. The van der Waals surface area contributed by atoms with Gasteiger partial charge < -0.3 is 5.73 Å². The molecule has 20 heavy (non-hydrogen) atoms. The first kappa shape index (κ1) is 17.4. The van der Waals surface area contributed by atoms with Crippen LogP contribution in [-0.2, 0) is 16.4 Å². The zero-order valence-electron chi connectivity index (χ0n) is 11.8. The van der Waals surface area contributed by atoms with Crippen molar-refractivity contribution in [1.82, 2.24) is 4.31 Å². The predicted molar refractivity (Wildman–Crippen MR) is 83.6 cm³/mol. The lowest BCUT2D eigenvalue weighted by Gasteiger charge is -2.30. The van der Waals surface area contributed by atoms with E-state index in [1.807, 2.05) is 12.1 Å². The summed E-state index contributed by atoms with van der Waals surface area (Å²) in [5, 5.41) is 0. The van der Waals surface area contributed by atoms with Gasteiger partial charge >= 0.3 is 0 Å². The quantitative estimate of drug-likeness (QED) is 0.924. The van der Waals surface area contributed by atoms with Crippen molar-refractivity contribution in [2.24, 2.45) is 11.7 Å². The number of aryl methyl sites for hydroxylation is 1. The summed E-state index contributed by atoms with van der Waals surface area (Å²) < 4.78 is 26.5. The number of nitrogens with zero attached hydrogens (tertiary/aromatic N) is 1. The number of hydrogen-bond acceptors (Lipinski definition) is 3. The van der Waals surface area contributed by atoms with E-state index in [2.05, 4.69) is 6.92 Å². The topological polar surface area (TPSA) is 63.4 Å². The van der Waals surface area contributed by atoms with E-state index < -0.39 is 10.0 Å². The Balaban J connectivity index is 0.00000200. The lowest BCUT2D eigenvalue weighted by atomic mass is 9.99. The minimum absolute atomic E-state index is 0. The van der Waals surface area contributed by atoms with Crippen molar-refractivity contribution in [2.45, 2.75) is 31.1 Å².